The highest BCUT2D eigenvalue weighted by Gasteiger charge is 2.19. The molecule has 0 unspecified atom stereocenters. The molecule has 0 aliphatic heterocycles. The van der Waals surface area contributed by atoms with Crippen LogP contribution in [0.15, 0.2) is 18.2 Å². The maximum absolute atomic E-state index is 9.37. The quantitative estimate of drug-likeness (QED) is 0.847. The summed E-state index contributed by atoms with van der Waals surface area (Å²) in [5, 5.41) is 17.7. The van der Waals surface area contributed by atoms with E-state index >= 15 is 0 Å². The first kappa shape index (κ1) is 15.7. The van der Waals surface area contributed by atoms with Crippen molar-refractivity contribution in [2.45, 2.75) is 58.8 Å². The molecule has 1 saturated carbocycles. The van der Waals surface area contributed by atoms with Crippen LogP contribution in [0.5, 0.6) is 0 Å². The molecule has 1 fully saturated rings. The second-order valence-electron chi connectivity index (χ2n) is 6.67. The topological polar surface area (TPSA) is 54.5 Å². The van der Waals surface area contributed by atoms with Crippen LogP contribution in [0.2, 0.25) is 0 Å². The summed E-state index contributed by atoms with van der Waals surface area (Å²) in [7, 11) is 0. The number of aryl methyl sites for hydroxylation is 1. The molecule has 4 heteroatoms. The summed E-state index contributed by atoms with van der Waals surface area (Å²) in [6.45, 7) is 4.20. The molecule has 1 aliphatic carbocycles. The van der Waals surface area contributed by atoms with Gasteiger partial charge in [-0.2, -0.15) is 5.26 Å². The van der Waals surface area contributed by atoms with E-state index in [0.29, 0.717) is 5.69 Å². The molecule has 1 aromatic carbocycles. The van der Waals surface area contributed by atoms with Gasteiger partial charge in [0.2, 0.25) is 0 Å². The fraction of sp³-hybridized carbons (Fsp3) is 0.526. The normalized spacial score (nSPS) is 15.5. The van der Waals surface area contributed by atoms with Crippen LogP contribution in [0.3, 0.4) is 0 Å². The lowest BCUT2D eigenvalue weighted by molar-refractivity contribution is 0.337. The minimum atomic E-state index is 0.474. The summed E-state index contributed by atoms with van der Waals surface area (Å²) >= 11 is 0. The Kier molecular flexibility index (Phi) is 4.76. The number of nitrogens with zero attached hydrogens (tertiary/aromatic N) is 4. The lowest BCUT2D eigenvalue weighted by atomic mass is 9.85. The summed E-state index contributed by atoms with van der Waals surface area (Å²) in [6, 6.07) is 8.41. The van der Waals surface area contributed by atoms with Crippen molar-refractivity contribution in [3.8, 4) is 11.8 Å². The molecule has 0 atom stereocenters. The van der Waals surface area contributed by atoms with Crippen LogP contribution < -0.4 is 0 Å². The Labute approximate surface area is 138 Å². The first-order chi connectivity index (χ1) is 11.2. The third-order valence-electron chi connectivity index (χ3n) is 5.19. The van der Waals surface area contributed by atoms with E-state index in [1.54, 1.807) is 0 Å². The Morgan fingerprint density at radius 2 is 2.00 bits per heavy atom. The van der Waals surface area contributed by atoms with E-state index in [2.05, 4.69) is 42.4 Å². The van der Waals surface area contributed by atoms with Crippen LogP contribution in [0, 0.1) is 31.1 Å². The Morgan fingerprint density at radius 1 is 1.22 bits per heavy atom. The zero-order chi connectivity index (χ0) is 16.2. The maximum Gasteiger partial charge on any atom is 0.186 e. The monoisotopic (exact) mass is 308 g/mol. The van der Waals surface area contributed by atoms with Crippen LogP contribution >= 0.6 is 0 Å². The highest BCUT2D eigenvalue weighted by molar-refractivity contribution is 5.46. The van der Waals surface area contributed by atoms with E-state index in [0.717, 1.165) is 30.1 Å². The van der Waals surface area contributed by atoms with Crippen LogP contribution in [0.4, 0.5) is 0 Å². The third kappa shape index (κ3) is 3.29. The van der Waals surface area contributed by atoms with Crippen molar-refractivity contribution >= 4 is 0 Å². The molecule has 23 heavy (non-hydrogen) atoms. The Balaban J connectivity index is 1.88. The van der Waals surface area contributed by atoms with Gasteiger partial charge in [0.05, 0.1) is 11.4 Å². The molecule has 120 valence electrons. The first-order valence-corrected chi connectivity index (χ1v) is 8.62. The molecule has 3 rings (SSSR count). The number of rotatable bonds is 4. The van der Waals surface area contributed by atoms with Crippen molar-refractivity contribution < 1.29 is 0 Å². The van der Waals surface area contributed by atoms with E-state index in [9.17, 15) is 5.26 Å². The van der Waals surface area contributed by atoms with Crippen LogP contribution in [0.1, 0.15) is 61.0 Å². The van der Waals surface area contributed by atoms with Gasteiger partial charge in [-0.3, -0.25) is 0 Å². The third-order valence-corrected chi connectivity index (χ3v) is 5.19. The van der Waals surface area contributed by atoms with Gasteiger partial charge in [-0.15, -0.1) is 5.10 Å². The van der Waals surface area contributed by atoms with E-state index in [-0.39, 0.29) is 0 Å². The van der Waals surface area contributed by atoms with Crippen LogP contribution in [-0.2, 0) is 6.42 Å². The Bertz CT molecular complexity index is 717. The lowest BCUT2D eigenvalue weighted by Gasteiger charge is -2.21. The molecular weight excluding hydrogens is 284 g/mol. The highest BCUT2D eigenvalue weighted by Crippen LogP contribution is 2.28. The summed E-state index contributed by atoms with van der Waals surface area (Å²) in [5.74, 6) is 0.789. The van der Waals surface area contributed by atoms with E-state index in [1.807, 2.05) is 10.7 Å². The molecular formula is C19H24N4. The molecule has 2 aromatic rings. The van der Waals surface area contributed by atoms with Crippen molar-refractivity contribution in [1.29, 1.82) is 5.26 Å². The molecule has 0 spiro atoms. The van der Waals surface area contributed by atoms with Crippen molar-refractivity contribution in [2.24, 2.45) is 5.92 Å². The van der Waals surface area contributed by atoms with Crippen molar-refractivity contribution in [3.05, 3.63) is 40.7 Å². The molecule has 4 nitrogen and oxygen atoms in total. The molecule has 0 radical (unpaired) electrons. The van der Waals surface area contributed by atoms with Crippen molar-refractivity contribution in [2.75, 3.05) is 0 Å². The minimum absolute atomic E-state index is 0.474. The van der Waals surface area contributed by atoms with Crippen molar-refractivity contribution in [3.63, 3.8) is 0 Å². The Morgan fingerprint density at radius 3 is 2.74 bits per heavy atom. The second-order valence-corrected chi connectivity index (χ2v) is 6.67. The number of nitriles is 1. The minimum Gasteiger partial charge on any atom is -0.216 e. The summed E-state index contributed by atoms with van der Waals surface area (Å²) in [5.41, 5.74) is 4.90. The zero-order valence-corrected chi connectivity index (χ0v) is 14.0. The van der Waals surface area contributed by atoms with Gasteiger partial charge >= 0.3 is 0 Å². The maximum atomic E-state index is 9.37. The van der Waals surface area contributed by atoms with Crippen molar-refractivity contribution in [1.82, 2.24) is 15.0 Å². The van der Waals surface area contributed by atoms with Gasteiger partial charge in [0, 0.05) is 0 Å². The van der Waals surface area contributed by atoms with Gasteiger partial charge < -0.3 is 0 Å². The predicted molar refractivity (Wildman–Crippen MR) is 90.4 cm³/mol. The number of aromatic nitrogens is 3. The average molecular weight is 308 g/mol. The average Bonchev–Trinajstić information content (AvgIpc) is 2.99. The number of hydrogen-bond donors (Lipinski definition) is 0. The van der Waals surface area contributed by atoms with E-state index < -0.39 is 0 Å². The molecule has 0 bridgehead atoms. The van der Waals surface area contributed by atoms with Gasteiger partial charge in [0.1, 0.15) is 6.07 Å². The zero-order valence-electron chi connectivity index (χ0n) is 14.0. The van der Waals surface area contributed by atoms with Gasteiger partial charge in [-0.1, -0.05) is 49.5 Å². The number of benzene rings is 1. The standard InChI is InChI=1S/C19H24N4/c1-14-7-6-10-18(15(14)2)23-19(17(13-20)21-22-23)12-11-16-8-4-3-5-9-16/h6-7,10,16H,3-5,8-9,11-12H2,1-2H3. The fourth-order valence-corrected chi connectivity index (χ4v) is 3.59. The SMILES string of the molecule is Cc1cccc(-n2nnc(C#N)c2CCC2CCCCC2)c1C. The summed E-state index contributed by atoms with van der Waals surface area (Å²) in [4.78, 5) is 0. The van der Waals surface area contributed by atoms with E-state index in [4.69, 9.17) is 0 Å². The van der Waals surface area contributed by atoms with Crippen LogP contribution in [0.25, 0.3) is 5.69 Å². The van der Waals surface area contributed by atoms with Gasteiger partial charge in [0.15, 0.2) is 5.69 Å². The van der Waals surface area contributed by atoms with E-state index in [1.165, 1.54) is 43.2 Å². The second kappa shape index (κ2) is 6.95. The fourth-order valence-electron chi connectivity index (χ4n) is 3.59. The summed E-state index contributed by atoms with van der Waals surface area (Å²) in [6.07, 6.45) is 8.75. The van der Waals surface area contributed by atoms with Gasteiger partial charge in [-0.05, 0) is 49.8 Å². The molecule has 1 aromatic heterocycles. The molecule has 1 aliphatic rings. The van der Waals surface area contributed by atoms with Gasteiger partial charge in [0.25, 0.3) is 0 Å². The molecule has 0 N–H and O–H groups in total. The first-order valence-electron chi connectivity index (χ1n) is 8.62. The largest absolute Gasteiger partial charge is 0.216 e. The van der Waals surface area contributed by atoms with Crippen LogP contribution in [-0.4, -0.2) is 15.0 Å². The van der Waals surface area contributed by atoms with Gasteiger partial charge in [-0.25, -0.2) is 4.68 Å². The lowest BCUT2D eigenvalue weighted by Crippen LogP contribution is -2.11. The molecule has 0 saturated heterocycles. The number of hydrogen-bond acceptors (Lipinski definition) is 3. The molecule has 0 amide bonds. The highest BCUT2D eigenvalue weighted by atomic mass is 15.4. The smallest absolute Gasteiger partial charge is 0.186 e. The Hall–Kier alpha value is -2.15. The predicted octanol–water partition coefficient (Wildman–Crippen LogP) is 4.27. The molecule has 1 heterocycles. The summed E-state index contributed by atoms with van der Waals surface area (Å²) < 4.78 is 1.88.